The lowest BCUT2D eigenvalue weighted by Gasteiger charge is -2.31. The maximum absolute atomic E-state index is 12.6. The number of carbonyl (C=O) groups is 2. The van der Waals surface area contributed by atoms with Crippen LogP contribution in [0.1, 0.15) is 68.8 Å². The van der Waals surface area contributed by atoms with E-state index in [0.717, 1.165) is 51.4 Å². The molecule has 0 spiro atoms. The van der Waals surface area contributed by atoms with Crippen LogP contribution in [0.3, 0.4) is 0 Å². The van der Waals surface area contributed by atoms with E-state index in [1.165, 1.54) is 6.20 Å². The molecule has 0 aliphatic heterocycles. The van der Waals surface area contributed by atoms with Crippen molar-refractivity contribution in [2.24, 2.45) is 5.41 Å². The Morgan fingerprint density at radius 3 is 2.48 bits per heavy atom. The average molecular weight is 393 g/mol. The Labute approximate surface area is 165 Å². The summed E-state index contributed by atoms with van der Waals surface area (Å²) in [6.07, 6.45) is 10.6. The summed E-state index contributed by atoms with van der Waals surface area (Å²) in [5, 5.41) is 10.8. The van der Waals surface area contributed by atoms with Gasteiger partial charge in [0.05, 0.1) is 11.2 Å². The molecule has 0 atom stereocenters. The molecule has 0 unspecified atom stereocenters. The summed E-state index contributed by atoms with van der Waals surface area (Å²) in [5.74, 6) is 0.0312. The summed E-state index contributed by atoms with van der Waals surface area (Å²) >= 11 is 6.10. The third-order valence-corrected chi connectivity index (χ3v) is 6.15. The van der Waals surface area contributed by atoms with Gasteiger partial charge >= 0.3 is 0 Å². The van der Waals surface area contributed by atoms with E-state index in [2.05, 4.69) is 22.3 Å². The minimum atomic E-state index is -0.173. The van der Waals surface area contributed by atoms with E-state index < -0.39 is 0 Å². The van der Waals surface area contributed by atoms with Crippen LogP contribution < -0.4 is 10.6 Å². The fourth-order valence-electron chi connectivity index (χ4n) is 3.92. The Morgan fingerprint density at radius 2 is 1.93 bits per heavy atom. The molecule has 27 heavy (non-hydrogen) atoms. The van der Waals surface area contributed by atoms with Crippen molar-refractivity contribution in [1.82, 2.24) is 20.4 Å². The van der Waals surface area contributed by atoms with Gasteiger partial charge in [-0.2, -0.15) is 5.10 Å². The lowest BCUT2D eigenvalue weighted by molar-refractivity contribution is -0.127. The van der Waals surface area contributed by atoms with Crippen LogP contribution in [-0.4, -0.2) is 33.7 Å². The van der Waals surface area contributed by atoms with Gasteiger partial charge in [-0.05, 0) is 58.3 Å². The fraction of sp³-hybridized carbons (Fsp3) is 0.650. The molecule has 148 valence electrons. The van der Waals surface area contributed by atoms with Gasteiger partial charge in [-0.25, -0.2) is 0 Å². The number of amides is 2. The van der Waals surface area contributed by atoms with Gasteiger partial charge in [-0.3, -0.25) is 14.3 Å². The Bertz CT molecular complexity index is 703. The first-order valence-electron chi connectivity index (χ1n) is 9.93. The van der Waals surface area contributed by atoms with Crippen molar-refractivity contribution in [2.75, 3.05) is 0 Å². The monoisotopic (exact) mass is 392 g/mol. The molecule has 2 saturated carbocycles. The molecule has 3 rings (SSSR count). The van der Waals surface area contributed by atoms with E-state index in [1.807, 2.05) is 13.0 Å². The lowest BCUT2D eigenvalue weighted by atomic mass is 9.90. The van der Waals surface area contributed by atoms with Crippen LogP contribution in [-0.2, 0) is 11.3 Å². The van der Waals surface area contributed by atoms with Gasteiger partial charge < -0.3 is 10.6 Å². The van der Waals surface area contributed by atoms with Crippen molar-refractivity contribution < 1.29 is 9.59 Å². The Balaban J connectivity index is 1.46. The first-order valence-corrected chi connectivity index (χ1v) is 10.3. The van der Waals surface area contributed by atoms with Gasteiger partial charge in [-0.15, -0.1) is 6.58 Å². The number of carbonyl (C=O) groups excluding carboxylic acids is 2. The number of aryl methyl sites for hydroxylation is 1. The highest BCUT2D eigenvalue weighted by Crippen LogP contribution is 2.50. The third-order valence-electron chi connectivity index (χ3n) is 5.87. The molecule has 2 amide bonds. The second kappa shape index (κ2) is 8.46. The van der Waals surface area contributed by atoms with Crippen LogP contribution in [0, 0.1) is 5.41 Å². The molecule has 0 saturated heterocycles. The minimum absolute atomic E-state index is 0.109. The molecule has 2 aliphatic carbocycles. The molecule has 1 heterocycles. The first kappa shape index (κ1) is 19.9. The van der Waals surface area contributed by atoms with Crippen LogP contribution in [0.5, 0.6) is 0 Å². The topological polar surface area (TPSA) is 76.0 Å². The zero-order chi connectivity index (χ0) is 19.4. The quantitative estimate of drug-likeness (QED) is 0.665. The second-order valence-electron chi connectivity index (χ2n) is 7.76. The summed E-state index contributed by atoms with van der Waals surface area (Å²) in [4.78, 5) is 25.1. The molecular weight excluding hydrogens is 364 g/mol. The standard InChI is InChI=1S/C20H29ClN4O2/c1-3-5-10-20(11-12-20)19(27)24-15-8-6-14(7-9-15)23-18(26)17-16(21)13-22-25(17)4-2/h3,13-15H,1,4-12H2,2H3,(H,23,26)(H,24,27). The van der Waals surface area contributed by atoms with Crippen LogP contribution in [0.4, 0.5) is 0 Å². The predicted molar refractivity (Wildman–Crippen MR) is 106 cm³/mol. The molecule has 2 aliphatic rings. The molecular formula is C20H29ClN4O2. The molecule has 7 heteroatoms. The highest BCUT2D eigenvalue weighted by Gasteiger charge is 2.49. The van der Waals surface area contributed by atoms with Crippen LogP contribution in [0.25, 0.3) is 0 Å². The highest BCUT2D eigenvalue weighted by molar-refractivity contribution is 6.33. The Kier molecular flexibility index (Phi) is 6.25. The number of aromatic nitrogens is 2. The van der Waals surface area contributed by atoms with Crippen molar-refractivity contribution in [3.05, 3.63) is 29.6 Å². The second-order valence-corrected chi connectivity index (χ2v) is 8.17. The molecule has 6 nitrogen and oxygen atoms in total. The molecule has 2 fully saturated rings. The van der Waals surface area contributed by atoms with E-state index in [-0.39, 0.29) is 29.3 Å². The SMILES string of the molecule is C=CCCC1(C(=O)NC2CCC(NC(=O)c3c(Cl)cnn3CC)CC2)CC1. The van der Waals surface area contributed by atoms with Crippen LogP contribution in [0.15, 0.2) is 18.9 Å². The first-order chi connectivity index (χ1) is 13.0. The van der Waals surface area contributed by atoms with Gasteiger partial charge in [0.1, 0.15) is 5.69 Å². The summed E-state index contributed by atoms with van der Waals surface area (Å²) in [7, 11) is 0. The smallest absolute Gasteiger partial charge is 0.271 e. The van der Waals surface area contributed by atoms with Crippen molar-refractivity contribution in [1.29, 1.82) is 0 Å². The predicted octanol–water partition coefficient (Wildman–Crippen LogP) is 3.46. The molecule has 0 aromatic carbocycles. The van der Waals surface area contributed by atoms with E-state index in [9.17, 15) is 9.59 Å². The van der Waals surface area contributed by atoms with Crippen molar-refractivity contribution in [2.45, 2.75) is 76.9 Å². The van der Waals surface area contributed by atoms with Crippen LogP contribution >= 0.6 is 11.6 Å². The van der Waals surface area contributed by atoms with Gasteiger partial charge in [0, 0.05) is 24.0 Å². The van der Waals surface area contributed by atoms with Gasteiger partial charge in [0.15, 0.2) is 0 Å². The number of nitrogens with zero attached hydrogens (tertiary/aromatic N) is 2. The summed E-state index contributed by atoms with van der Waals surface area (Å²) in [6, 6.07) is 0.314. The zero-order valence-corrected chi connectivity index (χ0v) is 16.7. The van der Waals surface area contributed by atoms with Gasteiger partial charge in [-0.1, -0.05) is 17.7 Å². The molecule has 1 aromatic heterocycles. The van der Waals surface area contributed by atoms with Gasteiger partial charge in [0.25, 0.3) is 5.91 Å². The number of allylic oxidation sites excluding steroid dienone is 1. The Hall–Kier alpha value is -1.82. The number of nitrogens with one attached hydrogen (secondary N) is 2. The summed E-state index contributed by atoms with van der Waals surface area (Å²) in [5.41, 5.74) is 0.279. The van der Waals surface area contributed by atoms with Crippen LogP contribution in [0.2, 0.25) is 5.02 Å². The lowest BCUT2D eigenvalue weighted by Crippen LogP contribution is -2.46. The number of hydrogen-bond acceptors (Lipinski definition) is 3. The summed E-state index contributed by atoms with van der Waals surface area (Å²) in [6.45, 7) is 6.28. The largest absolute Gasteiger partial charge is 0.353 e. The van der Waals surface area contributed by atoms with E-state index in [4.69, 9.17) is 11.6 Å². The maximum Gasteiger partial charge on any atom is 0.271 e. The molecule has 0 radical (unpaired) electrons. The molecule has 2 N–H and O–H groups in total. The number of rotatable bonds is 8. The molecule has 0 bridgehead atoms. The fourth-order valence-corrected chi connectivity index (χ4v) is 4.15. The average Bonchev–Trinajstić information content (AvgIpc) is 3.37. The van der Waals surface area contributed by atoms with E-state index in [1.54, 1.807) is 4.68 Å². The minimum Gasteiger partial charge on any atom is -0.353 e. The normalized spacial score (nSPS) is 23.5. The number of hydrogen-bond donors (Lipinski definition) is 2. The number of halogens is 1. The highest BCUT2D eigenvalue weighted by atomic mass is 35.5. The third kappa shape index (κ3) is 4.54. The van der Waals surface area contributed by atoms with E-state index >= 15 is 0 Å². The zero-order valence-electron chi connectivity index (χ0n) is 16.0. The van der Waals surface area contributed by atoms with Crippen molar-refractivity contribution >= 4 is 23.4 Å². The van der Waals surface area contributed by atoms with E-state index in [0.29, 0.717) is 17.3 Å². The molecule has 1 aromatic rings. The Morgan fingerprint density at radius 1 is 1.30 bits per heavy atom. The maximum atomic E-state index is 12.6. The van der Waals surface area contributed by atoms with Crippen molar-refractivity contribution in [3.63, 3.8) is 0 Å². The van der Waals surface area contributed by atoms with Crippen molar-refractivity contribution in [3.8, 4) is 0 Å². The van der Waals surface area contributed by atoms with Gasteiger partial charge in [0.2, 0.25) is 5.91 Å². The summed E-state index contributed by atoms with van der Waals surface area (Å²) < 4.78 is 1.61.